The first-order valence-corrected chi connectivity index (χ1v) is 7.97. The average Bonchev–Trinajstić information content (AvgIpc) is 2.92. The SMILES string of the molecule is CCC(=O)c1ccc(S(=O)(=O)C2CCCC2)cc1. The Balaban J connectivity index is 2.26. The smallest absolute Gasteiger partial charge is 0.181 e. The molecule has 0 aromatic heterocycles. The summed E-state index contributed by atoms with van der Waals surface area (Å²) in [5.41, 5.74) is 0.586. The second-order valence-corrected chi connectivity index (χ2v) is 6.98. The molecule has 0 heterocycles. The predicted molar refractivity (Wildman–Crippen MR) is 70.5 cm³/mol. The monoisotopic (exact) mass is 266 g/mol. The summed E-state index contributed by atoms with van der Waals surface area (Å²) >= 11 is 0. The van der Waals surface area contributed by atoms with Crippen LogP contribution in [-0.2, 0) is 9.84 Å². The van der Waals surface area contributed by atoms with Crippen molar-refractivity contribution in [3.63, 3.8) is 0 Å². The number of hydrogen-bond acceptors (Lipinski definition) is 3. The van der Waals surface area contributed by atoms with Gasteiger partial charge in [-0.25, -0.2) is 8.42 Å². The standard InChI is InChI=1S/C14H18O3S/c1-2-14(15)11-7-9-13(10-8-11)18(16,17)12-5-3-4-6-12/h7-10,12H,2-6H2,1H3. The van der Waals surface area contributed by atoms with Crippen molar-refractivity contribution in [1.82, 2.24) is 0 Å². The third kappa shape index (κ3) is 2.48. The van der Waals surface area contributed by atoms with E-state index in [2.05, 4.69) is 0 Å². The number of Topliss-reactive ketones (excluding diaryl/α,β-unsaturated/α-hetero) is 1. The lowest BCUT2D eigenvalue weighted by molar-refractivity contribution is 0.0988. The molecule has 1 aromatic carbocycles. The van der Waals surface area contributed by atoms with Crippen LogP contribution in [0.5, 0.6) is 0 Å². The van der Waals surface area contributed by atoms with Gasteiger partial charge in [-0.1, -0.05) is 31.9 Å². The highest BCUT2D eigenvalue weighted by molar-refractivity contribution is 7.92. The van der Waals surface area contributed by atoms with E-state index in [1.807, 2.05) is 0 Å². The Kier molecular flexibility index (Phi) is 3.85. The second kappa shape index (κ2) is 5.22. The fraction of sp³-hybridized carbons (Fsp3) is 0.500. The van der Waals surface area contributed by atoms with Crippen LogP contribution in [0, 0.1) is 0 Å². The third-order valence-corrected chi connectivity index (χ3v) is 5.85. The zero-order valence-electron chi connectivity index (χ0n) is 10.6. The van der Waals surface area contributed by atoms with Crippen molar-refractivity contribution in [3.8, 4) is 0 Å². The van der Waals surface area contributed by atoms with Gasteiger partial charge in [-0.05, 0) is 25.0 Å². The minimum Gasteiger partial charge on any atom is -0.294 e. The van der Waals surface area contributed by atoms with Gasteiger partial charge in [-0.3, -0.25) is 4.79 Å². The van der Waals surface area contributed by atoms with Gasteiger partial charge in [0, 0.05) is 12.0 Å². The molecule has 1 fully saturated rings. The second-order valence-electron chi connectivity index (χ2n) is 4.75. The normalized spacial score (nSPS) is 16.9. The van der Waals surface area contributed by atoms with Crippen molar-refractivity contribution in [3.05, 3.63) is 29.8 Å². The quantitative estimate of drug-likeness (QED) is 0.787. The number of carbonyl (C=O) groups excluding carboxylic acids is 1. The van der Waals surface area contributed by atoms with Crippen LogP contribution in [0.2, 0.25) is 0 Å². The minimum atomic E-state index is -3.20. The fourth-order valence-electron chi connectivity index (χ4n) is 2.43. The molecule has 1 aromatic rings. The molecular weight excluding hydrogens is 248 g/mol. The zero-order valence-corrected chi connectivity index (χ0v) is 11.4. The van der Waals surface area contributed by atoms with Crippen LogP contribution in [0.4, 0.5) is 0 Å². The molecule has 1 aliphatic carbocycles. The van der Waals surface area contributed by atoms with Crippen LogP contribution in [0.1, 0.15) is 49.4 Å². The lowest BCUT2D eigenvalue weighted by Crippen LogP contribution is -2.17. The molecule has 0 N–H and O–H groups in total. The maximum Gasteiger partial charge on any atom is 0.181 e. The zero-order chi connectivity index (χ0) is 13.2. The van der Waals surface area contributed by atoms with Crippen molar-refractivity contribution in [2.45, 2.75) is 49.2 Å². The highest BCUT2D eigenvalue weighted by Crippen LogP contribution is 2.29. The van der Waals surface area contributed by atoms with Crippen LogP contribution in [-0.4, -0.2) is 19.5 Å². The number of benzene rings is 1. The van der Waals surface area contributed by atoms with Gasteiger partial charge in [-0.15, -0.1) is 0 Å². The summed E-state index contributed by atoms with van der Waals surface area (Å²) < 4.78 is 24.6. The first-order chi connectivity index (χ1) is 8.55. The molecular formula is C14H18O3S. The Morgan fingerprint density at radius 1 is 1.17 bits per heavy atom. The first kappa shape index (κ1) is 13.3. The van der Waals surface area contributed by atoms with Gasteiger partial charge in [0.05, 0.1) is 10.1 Å². The Labute approximate surface area is 108 Å². The number of hydrogen-bond donors (Lipinski definition) is 0. The molecule has 0 spiro atoms. The van der Waals surface area contributed by atoms with E-state index in [0.717, 1.165) is 25.7 Å². The fourth-order valence-corrected chi connectivity index (χ4v) is 4.28. The Morgan fingerprint density at radius 2 is 1.72 bits per heavy atom. The van der Waals surface area contributed by atoms with Crippen LogP contribution >= 0.6 is 0 Å². The topological polar surface area (TPSA) is 51.2 Å². The van der Waals surface area contributed by atoms with E-state index >= 15 is 0 Å². The van der Waals surface area contributed by atoms with Gasteiger partial charge < -0.3 is 0 Å². The molecule has 1 saturated carbocycles. The van der Waals surface area contributed by atoms with E-state index in [9.17, 15) is 13.2 Å². The van der Waals surface area contributed by atoms with E-state index in [1.54, 1.807) is 31.2 Å². The van der Waals surface area contributed by atoms with Gasteiger partial charge >= 0.3 is 0 Å². The van der Waals surface area contributed by atoms with Crippen LogP contribution in [0.15, 0.2) is 29.2 Å². The van der Waals surface area contributed by atoms with Gasteiger partial charge in [-0.2, -0.15) is 0 Å². The summed E-state index contributed by atoms with van der Waals surface area (Å²) in [5, 5.41) is -0.231. The van der Waals surface area contributed by atoms with Gasteiger partial charge in [0.15, 0.2) is 15.6 Å². The van der Waals surface area contributed by atoms with E-state index < -0.39 is 9.84 Å². The van der Waals surface area contributed by atoms with Gasteiger partial charge in [0.25, 0.3) is 0 Å². The van der Waals surface area contributed by atoms with Crippen LogP contribution in [0.3, 0.4) is 0 Å². The van der Waals surface area contributed by atoms with E-state index in [-0.39, 0.29) is 11.0 Å². The number of sulfone groups is 1. The predicted octanol–water partition coefficient (Wildman–Crippen LogP) is 3.00. The van der Waals surface area contributed by atoms with E-state index in [0.29, 0.717) is 16.9 Å². The van der Waals surface area contributed by atoms with Gasteiger partial charge in [0.1, 0.15) is 0 Å². The minimum absolute atomic E-state index is 0.0415. The van der Waals surface area contributed by atoms with Crippen molar-refractivity contribution < 1.29 is 13.2 Å². The van der Waals surface area contributed by atoms with Crippen molar-refractivity contribution in [1.29, 1.82) is 0 Å². The lowest BCUT2D eigenvalue weighted by Gasteiger charge is -2.11. The van der Waals surface area contributed by atoms with E-state index in [1.165, 1.54) is 0 Å². The van der Waals surface area contributed by atoms with Crippen LogP contribution < -0.4 is 0 Å². The average molecular weight is 266 g/mol. The molecule has 98 valence electrons. The maximum absolute atomic E-state index is 12.3. The Bertz CT molecular complexity index is 523. The van der Waals surface area contributed by atoms with Crippen molar-refractivity contribution in [2.75, 3.05) is 0 Å². The number of ketones is 1. The molecule has 1 aliphatic rings. The molecule has 3 nitrogen and oxygen atoms in total. The van der Waals surface area contributed by atoms with Crippen molar-refractivity contribution in [2.24, 2.45) is 0 Å². The summed E-state index contributed by atoms with van der Waals surface area (Å²) in [7, 11) is -3.20. The molecule has 0 saturated heterocycles. The van der Waals surface area contributed by atoms with E-state index in [4.69, 9.17) is 0 Å². The molecule has 4 heteroatoms. The summed E-state index contributed by atoms with van der Waals surface area (Å²) in [6.45, 7) is 1.80. The highest BCUT2D eigenvalue weighted by Gasteiger charge is 2.30. The first-order valence-electron chi connectivity index (χ1n) is 6.43. The molecule has 2 rings (SSSR count). The molecule has 0 bridgehead atoms. The largest absolute Gasteiger partial charge is 0.294 e. The summed E-state index contributed by atoms with van der Waals surface area (Å²) in [6.07, 6.45) is 3.96. The molecule has 0 atom stereocenters. The number of carbonyl (C=O) groups is 1. The molecule has 0 radical (unpaired) electrons. The number of rotatable bonds is 4. The molecule has 18 heavy (non-hydrogen) atoms. The maximum atomic E-state index is 12.3. The van der Waals surface area contributed by atoms with Gasteiger partial charge in [0.2, 0.25) is 0 Å². The lowest BCUT2D eigenvalue weighted by atomic mass is 10.1. The van der Waals surface area contributed by atoms with Crippen molar-refractivity contribution >= 4 is 15.6 Å². The molecule has 0 unspecified atom stereocenters. The summed E-state index contributed by atoms with van der Waals surface area (Å²) in [6, 6.07) is 6.37. The summed E-state index contributed by atoms with van der Waals surface area (Å²) in [5.74, 6) is 0.0415. The Hall–Kier alpha value is -1.16. The Morgan fingerprint density at radius 3 is 2.22 bits per heavy atom. The van der Waals surface area contributed by atoms with Crippen LogP contribution in [0.25, 0.3) is 0 Å². The molecule has 0 amide bonds. The molecule has 0 aliphatic heterocycles. The highest BCUT2D eigenvalue weighted by atomic mass is 32.2. The summed E-state index contributed by atoms with van der Waals surface area (Å²) in [4.78, 5) is 11.8. The third-order valence-electron chi connectivity index (χ3n) is 3.57.